The van der Waals surface area contributed by atoms with Gasteiger partial charge in [0.1, 0.15) is 17.2 Å². The van der Waals surface area contributed by atoms with Gasteiger partial charge in [0.15, 0.2) is 0 Å². The molecule has 0 radical (unpaired) electrons. The van der Waals surface area contributed by atoms with Crippen LogP contribution in [0.25, 0.3) is 0 Å². The highest BCUT2D eigenvalue weighted by Gasteiger charge is 2.38. The lowest BCUT2D eigenvalue weighted by molar-refractivity contribution is -0.147. The summed E-state index contributed by atoms with van der Waals surface area (Å²) in [5, 5.41) is 0. The highest BCUT2D eigenvalue weighted by Crippen LogP contribution is 2.33. The highest BCUT2D eigenvalue weighted by molar-refractivity contribution is 5.16. The van der Waals surface area contributed by atoms with Gasteiger partial charge in [0.25, 0.3) is 0 Å². The van der Waals surface area contributed by atoms with Crippen molar-refractivity contribution in [3.63, 3.8) is 0 Å². The Hall–Kier alpha value is -1.34. The molecule has 0 aliphatic heterocycles. The molecule has 0 saturated heterocycles. The van der Waals surface area contributed by atoms with Crippen LogP contribution >= 0.6 is 0 Å². The van der Waals surface area contributed by atoms with Crippen LogP contribution in [0.1, 0.15) is 17.2 Å². The summed E-state index contributed by atoms with van der Waals surface area (Å²) in [6.45, 7) is 0.963. The van der Waals surface area contributed by atoms with E-state index < -0.39 is 29.6 Å². The molecule has 0 aliphatic rings. The molecule has 2 nitrogen and oxygen atoms in total. The van der Waals surface area contributed by atoms with E-state index in [1.165, 1.54) is 0 Å². The van der Waals surface area contributed by atoms with Crippen molar-refractivity contribution in [2.75, 3.05) is 0 Å². The first-order chi connectivity index (χ1) is 6.60. The zero-order chi connectivity index (χ0) is 11.9. The molecular formula is C7H4F6N2. The summed E-state index contributed by atoms with van der Waals surface area (Å²) >= 11 is 0. The normalized spacial score (nSPS) is 13.0. The monoisotopic (exact) mass is 230 g/mol. The number of hydrogen-bond donors (Lipinski definition) is 0. The fourth-order valence-corrected chi connectivity index (χ4v) is 0.858. The van der Waals surface area contributed by atoms with Crippen molar-refractivity contribution in [1.82, 2.24) is 9.97 Å². The first kappa shape index (κ1) is 11.7. The zero-order valence-electron chi connectivity index (χ0n) is 7.24. The lowest BCUT2D eigenvalue weighted by atomic mass is 10.3. The van der Waals surface area contributed by atoms with E-state index in [1.54, 1.807) is 0 Å². The van der Waals surface area contributed by atoms with Crippen LogP contribution < -0.4 is 0 Å². The van der Waals surface area contributed by atoms with Crippen LogP contribution in [-0.4, -0.2) is 9.97 Å². The molecule has 0 bridgehead atoms. The van der Waals surface area contributed by atoms with Gasteiger partial charge in [-0.1, -0.05) is 0 Å². The van der Waals surface area contributed by atoms with E-state index in [0.29, 0.717) is 0 Å². The number of aryl methyl sites for hydroxylation is 1. The molecule has 0 atom stereocenters. The van der Waals surface area contributed by atoms with Gasteiger partial charge in [-0.15, -0.1) is 0 Å². The van der Waals surface area contributed by atoms with Crippen LogP contribution in [-0.2, 0) is 12.4 Å². The van der Waals surface area contributed by atoms with Crippen molar-refractivity contribution in [2.24, 2.45) is 0 Å². The van der Waals surface area contributed by atoms with E-state index >= 15 is 0 Å². The predicted molar refractivity (Wildman–Crippen MR) is 36.8 cm³/mol. The quantitative estimate of drug-likeness (QED) is 0.640. The second-order valence-electron chi connectivity index (χ2n) is 2.68. The molecule has 0 spiro atoms. The van der Waals surface area contributed by atoms with Crippen LogP contribution in [0.15, 0.2) is 6.07 Å². The van der Waals surface area contributed by atoms with Crippen LogP contribution in [0.3, 0.4) is 0 Å². The van der Waals surface area contributed by atoms with Gasteiger partial charge in [0, 0.05) is 0 Å². The van der Waals surface area contributed by atoms with Gasteiger partial charge in [0.2, 0.25) is 0 Å². The number of alkyl halides is 6. The van der Waals surface area contributed by atoms with Crippen LogP contribution in [0.2, 0.25) is 0 Å². The third-order valence-corrected chi connectivity index (χ3v) is 1.42. The molecule has 0 N–H and O–H groups in total. The van der Waals surface area contributed by atoms with Gasteiger partial charge in [-0.05, 0) is 13.0 Å². The van der Waals surface area contributed by atoms with Crippen LogP contribution in [0.4, 0.5) is 26.3 Å². The summed E-state index contributed by atoms with van der Waals surface area (Å²) in [6, 6.07) is -0.118. The smallest absolute Gasteiger partial charge is 0.229 e. The SMILES string of the molecule is Cc1nc(C(F)(F)F)cc(C(F)(F)F)n1. The lowest BCUT2D eigenvalue weighted by Crippen LogP contribution is -2.16. The highest BCUT2D eigenvalue weighted by atomic mass is 19.4. The molecule has 0 unspecified atom stereocenters. The van der Waals surface area contributed by atoms with Crippen molar-refractivity contribution in [1.29, 1.82) is 0 Å². The number of rotatable bonds is 0. The summed E-state index contributed by atoms with van der Waals surface area (Å²) in [4.78, 5) is 5.76. The van der Waals surface area contributed by atoms with Crippen LogP contribution in [0.5, 0.6) is 0 Å². The number of nitrogens with zero attached hydrogens (tertiary/aromatic N) is 2. The maximum atomic E-state index is 12.1. The second kappa shape index (κ2) is 3.35. The molecular weight excluding hydrogens is 226 g/mol. The summed E-state index contributed by atoms with van der Waals surface area (Å²) in [6.07, 6.45) is -9.82. The third kappa shape index (κ3) is 2.80. The summed E-state index contributed by atoms with van der Waals surface area (Å²) in [5.41, 5.74) is -3.19. The minimum Gasteiger partial charge on any atom is -0.229 e. The predicted octanol–water partition coefficient (Wildman–Crippen LogP) is 2.82. The minimum absolute atomic E-state index is 0.118. The standard InChI is InChI=1S/C7H4F6N2/c1-3-14-4(6(8,9)10)2-5(15-3)7(11,12)13/h2H,1H3. The van der Waals surface area contributed by atoms with Crippen molar-refractivity contribution < 1.29 is 26.3 Å². The largest absolute Gasteiger partial charge is 0.433 e. The average Bonchev–Trinajstić information content (AvgIpc) is 1.99. The van der Waals surface area contributed by atoms with Crippen molar-refractivity contribution in [3.8, 4) is 0 Å². The molecule has 1 aromatic heterocycles. The average molecular weight is 230 g/mol. The minimum atomic E-state index is -4.91. The van der Waals surface area contributed by atoms with Gasteiger partial charge < -0.3 is 0 Å². The van der Waals surface area contributed by atoms with Crippen molar-refractivity contribution in [3.05, 3.63) is 23.3 Å². The number of halogens is 6. The molecule has 8 heteroatoms. The van der Waals surface area contributed by atoms with E-state index in [-0.39, 0.29) is 6.07 Å². The maximum absolute atomic E-state index is 12.1. The lowest BCUT2D eigenvalue weighted by Gasteiger charge is -2.10. The Morgan fingerprint density at radius 3 is 1.47 bits per heavy atom. The summed E-state index contributed by atoms with van der Waals surface area (Å²) < 4.78 is 72.5. The Morgan fingerprint density at radius 1 is 0.867 bits per heavy atom. The summed E-state index contributed by atoms with van der Waals surface area (Å²) in [5.74, 6) is -0.572. The Labute approximate surface area is 80.0 Å². The Balaban J connectivity index is 3.30. The van der Waals surface area contributed by atoms with Crippen molar-refractivity contribution >= 4 is 0 Å². The fourth-order valence-electron chi connectivity index (χ4n) is 0.858. The number of hydrogen-bond acceptors (Lipinski definition) is 2. The molecule has 0 fully saturated rings. The third-order valence-electron chi connectivity index (χ3n) is 1.42. The first-order valence-corrected chi connectivity index (χ1v) is 3.61. The number of aromatic nitrogens is 2. The Bertz CT molecular complexity index is 334. The van der Waals surface area contributed by atoms with E-state index in [9.17, 15) is 26.3 Å². The molecule has 1 heterocycles. The summed E-state index contributed by atoms with van der Waals surface area (Å²) in [7, 11) is 0. The molecule has 0 aromatic carbocycles. The maximum Gasteiger partial charge on any atom is 0.433 e. The topological polar surface area (TPSA) is 25.8 Å². The molecule has 0 saturated carbocycles. The second-order valence-corrected chi connectivity index (χ2v) is 2.68. The van der Waals surface area contributed by atoms with Gasteiger partial charge >= 0.3 is 12.4 Å². The molecule has 15 heavy (non-hydrogen) atoms. The first-order valence-electron chi connectivity index (χ1n) is 3.61. The Kier molecular flexibility index (Phi) is 2.62. The molecule has 1 aromatic rings. The van der Waals surface area contributed by atoms with E-state index in [2.05, 4.69) is 9.97 Å². The van der Waals surface area contributed by atoms with Gasteiger partial charge in [-0.3, -0.25) is 0 Å². The van der Waals surface area contributed by atoms with Gasteiger partial charge in [-0.2, -0.15) is 26.3 Å². The van der Waals surface area contributed by atoms with E-state index in [4.69, 9.17) is 0 Å². The van der Waals surface area contributed by atoms with Gasteiger partial charge in [0.05, 0.1) is 0 Å². The van der Waals surface area contributed by atoms with Gasteiger partial charge in [-0.25, -0.2) is 9.97 Å². The van der Waals surface area contributed by atoms with Crippen molar-refractivity contribution in [2.45, 2.75) is 19.3 Å². The molecule has 0 aliphatic carbocycles. The molecule has 84 valence electrons. The molecule has 0 amide bonds. The molecule has 1 rings (SSSR count). The Morgan fingerprint density at radius 2 is 1.20 bits per heavy atom. The van der Waals surface area contributed by atoms with E-state index in [0.717, 1.165) is 6.92 Å². The fraction of sp³-hybridized carbons (Fsp3) is 0.429. The van der Waals surface area contributed by atoms with E-state index in [1.807, 2.05) is 0 Å². The van der Waals surface area contributed by atoms with Crippen LogP contribution in [0, 0.1) is 6.92 Å². The zero-order valence-corrected chi connectivity index (χ0v) is 7.24.